The van der Waals surface area contributed by atoms with Crippen LogP contribution in [0.3, 0.4) is 0 Å². The fourth-order valence-corrected chi connectivity index (χ4v) is 1.20. The Balaban J connectivity index is 2.67. The zero-order chi connectivity index (χ0) is 11.4. The minimum absolute atomic E-state index is 0.00119. The van der Waals surface area contributed by atoms with Crippen LogP contribution in [0.15, 0.2) is 12.3 Å². The first kappa shape index (κ1) is 11.2. The topological polar surface area (TPSA) is 70.7 Å². The molecular weight excluding hydrogens is 192 g/mol. The van der Waals surface area contributed by atoms with Crippen LogP contribution in [-0.2, 0) is 11.8 Å². The lowest BCUT2D eigenvalue weighted by atomic mass is 9.97. The van der Waals surface area contributed by atoms with Crippen molar-refractivity contribution in [1.82, 2.24) is 9.78 Å². The number of hydrogen-bond acceptors (Lipinski definition) is 3. The van der Waals surface area contributed by atoms with Crippen LogP contribution in [0.4, 0.5) is 5.82 Å². The Kier molecular flexibility index (Phi) is 3.45. The van der Waals surface area contributed by atoms with Gasteiger partial charge in [0.1, 0.15) is 5.92 Å². The largest absolute Gasteiger partial charge is 0.308 e. The van der Waals surface area contributed by atoms with Gasteiger partial charge >= 0.3 is 0 Å². The Morgan fingerprint density at radius 3 is 2.73 bits per heavy atom. The molecule has 15 heavy (non-hydrogen) atoms. The van der Waals surface area contributed by atoms with E-state index in [4.69, 9.17) is 5.26 Å². The lowest BCUT2D eigenvalue weighted by Gasteiger charge is -2.11. The first-order valence-corrected chi connectivity index (χ1v) is 4.74. The Bertz CT molecular complexity index is 388. The van der Waals surface area contributed by atoms with E-state index >= 15 is 0 Å². The lowest BCUT2D eigenvalue weighted by molar-refractivity contribution is -0.119. The molecule has 1 heterocycles. The van der Waals surface area contributed by atoms with Crippen molar-refractivity contribution in [1.29, 1.82) is 5.26 Å². The van der Waals surface area contributed by atoms with Crippen LogP contribution in [0.25, 0.3) is 0 Å². The number of aromatic nitrogens is 2. The molecule has 0 aliphatic carbocycles. The average molecular weight is 206 g/mol. The van der Waals surface area contributed by atoms with Crippen molar-refractivity contribution < 1.29 is 4.79 Å². The molecule has 1 aromatic rings. The lowest BCUT2D eigenvalue weighted by Crippen LogP contribution is -2.25. The summed E-state index contributed by atoms with van der Waals surface area (Å²) < 4.78 is 1.59. The van der Waals surface area contributed by atoms with Crippen molar-refractivity contribution in [2.24, 2.45) is 18.9 Å². The zero-order valence-corrected chi connectivity index (χ0v) is 9.06. The highest BCUT2D eigenvalue weighted by atomic mass is 16.2. The van der Waals surface area contributed by atoms with Crippen LogP contribution in [-0.4, -0.2) is 15.7 Å². The summed E-state index contributed by atoms with van der Waals surface area (Å²) in [5.41, 5.74) is 0. The summed E-state index contributed by atoms with van der Waals surface area (Å²) in [6, 6.07) is 3.67. The molecule has 0 aliphatic heterocycles. The maximum atomic E-state index is 11.6. The Hall–Kier alpha value is -1.83. The van der Waals surface area contributed by atoms with Crippen molar-refractivity contribution in [2.45, 2.75) is 13.8 Å². The molecule has 1 rings (SSSR count). The third kappa shape index (κ3) is 2.81. The minimum Gasteiger partial charge on any atom is -0.308 e. The van der Waals surface area contributed by atoms with Crippen LogP contribution in [0.1, 0.15) is 13.8 Å². The predicted octanol–water partition coefficient (Wildman–Crippen LogP) is 1.15. The fraction of sp³-hybridized carbons (Fsp3) is 0.500. The number of carbonyl (C=O) groups is 1. The third-order valence-corrected chi connectivity index (χ3v) is 2.05. The predicted molar refractivity (Wildman–Crippen MR) is 55.8 cm³/mol. The first-order chi connectivity index (χ1) is 7.04. The smallest absolute Gasteiger partial charge is 0.243 e. The van der Waals surface area contributed by atoms with E-state index in [1.54, 1.807) is 24.0 Å². The average Bonchev–Trinajstić information content (AvgIpc) is 2.51. The number of aryl methyl sites for hydroxylation is 1. The number of nitriles is 1. The van der Waals surface area contributed by atoms with E-state index in [2.05, 4.69) is 10.4 Å². The van der Waals surface area contributed by atoms with Crippen LogP contribution < -0.4 is 5.32 Å². The van der Waals surface area contributed by atoms with Crippen molar-refractivity contribution in [2.75, 3.05) is 5.32 Å². The van der Waals surface area contributed by atoms with Crippen molar-refractivity contribution in [3.8, 4) is 6.07 Å². The van der Waals surface area contributed by atoms with Gasteiger partial charge in [0.2, 0.25) is 5.91 Å². The Labute approximate surface area is 88.7 Å². The highest BCUT2D eigenvalue weighted by Gasteiger charge is 2.22. The number of amides is 1. The van der Waals surface area contributed by atoms with E-state index in [1.165, 1.54) is 0 Å². The van der Waals surface area contributed by atoms with Gasteiger partial charge in [0.15, 0.2) is 5.82 Å². The molecule has 0 fully saturated rings. The monoisotopic (exact) mass is 206 g/mol. The fourth-order valence-electron chi connectivity index (χ4n) is 1.20. The highest BCUT2D eigenvalue weighted by molar-refractivity contribution is 5.93. The number of hydrogen-bond donors (Lipinski definition) is 1. The van der Waals surface area contributed by atoms with E-state index in [0.29, 0.717) is 5.82 Å². The van der Waals surface area contributed by atoms with E-state index < -0.39 is 5.92 Å². The van der Waals surface area contributed by atoms with Gasteiger partial charge in [0, 0.05) is 19.3 Å². The molecule has 0 aromatic carbocycles. The van der Waals surface area contributed by atoms with Crippen molar-refractivity contribution in [3.05, 3.63) is 12.3 Å². The molecule has 0 spiro atoms. The van der Waals surface area contributed by atoms with Crippen molar-refractivity contribution in [3.63, 3.8) is 0 Å². The molecular formula is C10H14N4O. The van der Waals surface area contributed by atoms with Crippen LogP contribution in [0.5, 0.6) is 0 Å². The van der Waals surface area contributed by atoms with Gasteiger partial charge in [0.05, 0.1) is 6.07 Å². The number of nitrogens with zero attached hydrogens (tertiary/aromatic N) is 3. The summed E-state index contributed by atoms with van der Waals surface area (Å²) in [5, 5.41) is 15.4. The SMILES string of the molecule is CC(C)C(C#N)C(=O)Nc1ccn(C)n1. The molecule has 80 valence electrons. The van der Waals surface area contributed by atoms with E-state index in [-0.39, 0.29) is 11.8 Å². The minimum atomic E-state index is -0.632. The number of carbonyl (C=O) groups excluding carboxylic acids is 1. The zero-order valence-electron chi connectivity index (χ0n) is 9.06. The second-order valence-corrected chi connectivity index (χ2v) is 3.71. The highest BCUT2D eigenvalue weighted by Crippen LogP contribution is 2.12. The first-order valence-electron chi connectivity index (χ1n) is 4.74. The normalized spacial score (nSPS) is 12.2. The summed E-state index contributed by atoms with van der Waals surface area (Å²) in [6.07, 6.45) is 1.73. The summed E-state index contributed by atoms with van der Waals surface area (Å²) in [6.45, 7) is 3.68. The van der Waals surface area contributed by atoms with Gasteiger partial charge in [-0.3, -0.25) is 9.48 Å². The molecule has 1 aromatic heterocycles. The summed E-state index contributed by atoms with van der Waals surface area (Å²) >= 11 is 0. The van der Waals surface area contributed by atoms with Crippen molar-refractivity contribution >= 4 is 11.7 Å². The summed E-state index contributed by atoms with van der Waals surface area (Å²) in [7, 11) is 1.76. The van der Waals surface area contributed by atoms with Gasteiger partial charge in [-0.2, -0.15) is 10.4 Å². The van der Waals surface area contributed by atoms with E-state index in [9.17, 15) is 4.79 Å². The van der Waals surface area contributed by atoms with Crippen LogP contribution >= 0.6 is 0 Å². The van der Waals surface area contributed by atoms with E-state index in [0.717, 1.165) is 0 Å². The van der Waals surface area contributed by atoms with E-state index in [1.807, 2.05) is 19.9 Å². The third-order valence-electron chi connectivity index (χ3n) is 2.05. The van der Waals surface area contributed by atoms with Gasteiger partial charge in [-0.15, -0.1) is 0 Å². The number of anilines is 1. The Morgan fingerprint density at radius 2 is 2.33 bits per heavy atom. The molecule has 5 nitrogen and oxygen atoms in total. The number of rotatable bonds is 3. The maximum Gasteiger partial charge on any atom is 0.243 e. The van der Waals surface area contributed by atoms with Gasteiger partial charge in [0.25, 0.3) is 0 Å². The molecule has 1 N–H and O–H groups in total. The molecule has 0 saturated heterocycles. The molecule has 5 heteroatoms. The van der Waals surface area contributed by atoms with Gasteiger partial charge < -0.3 is 5.32 Å². The summed E-state index contributed by atoms with van der Waals surface area (Å²) in [4.78, 5) is 11.6. The molecule has 1 amide bonds. The number of nitrogens with one attached hydrogen (secondary N) is 1. The van der Waals surface area contributed by atoms with Crippen LogP contribution in [0, 0.1) is 23.2 Å². The van der Waals surface area contributed by atoms with Crippen LogP contribution in [0.2, 0.25) is 0 Å². The van der Waals surface area contributed by atoms with Gasteiger partial charge in [-0.25, -0.2) is 0 Å². The molecule has 1 atom stereocenters. The van der Waals surface area contributed by atoms with Gasteiger partial charge in [-0.1, -0.05) is 13.8 Å². The molecule has 0 radical (unpaired) electrons. The molecule has 0 saturated carbocycles. The molecule has 0 aliphatic rings. The summed E-state index contributed by atoms with van der Waals surface area (Å²) in [5.74, 6) is -0.458. The second-order valence-electron chi connectivity index (χ2n) is 3.71. The molecule has 1 unspecified atom stereocenters. The quantitative estimate of drug-likeness (QED) is 0.806. The maximum absolute atomic E-state index is 11.6. The molecule has 0 bridgehead atoms. The second kappa shape index (κ2) is 4.60. The Morgan fingerprint density at radius 1 is 1.67 bits per heavy atom. The standard InChI is InChI=1S/C10H14N4O/c1-7(2)8(6-11)10(15)12-9-4-5-14(3)13-9/h4-5,7-8H,1-3H3,(H,12,13,15). The van der Waals surface area contributed by atoms with Gasteiger partial charge in [-0.05, 0) is 5.92 Å².